The van der Waals surface area contributed by atoms with Gasteiger partial charge in [0.25, 0.3) is 5.91 Å². The topological polar surface area (TPSA) is 171 Å². The highest BCUT2D eigenvalue weighted by molar-refractivity contribution is 7.15. The molecule has 0 saturated carbocycles. The Morgan fingerprint density at radius 2 is 1.93 bits per heavy atom. The second-order valence-corrected chi connectivity index (χ2v) is 15.2. The third kappa shape index (κ3) is 7.57. The Hall–Kier alpha value is -6.70. The van der Waals surface area contributed by atoms with Gasteiger partial charge in [-0.3, -0.25) is 38.7 Å². The zero-order valence-electron chi connectivity index (χ0n) is 31.6. The largest absolute Gasteiger partial charge is 0.486 e. The molecule has 6 heterocycles. The van der Waals surface area contributed by atoms with Crippen molar-refractivity contribution < 1.29 is 23.9 Å². The molecule has 1 atom stereocenters. The molecule has 2 aliphatic rings. The Labute approximate surface area is 341 Å². The van der Waals surface area contributed by atoms with Crippen LogP contribution in [0, 0.1) is 25.7 Å². The first-order valence-corrected chi connectivity index (χ1v) is 19.5. The van der Waals surface area contributed by atoms with E-state index in [9.17, 15) is 19.2 Å². The third-order valence-corrected chi connectivity index (χ3v) is 11.4. The Morgan fingerprint density at radius 1 is 1.10 bits per heavy atom. The number of nitrogens with zero attached hydrogens (tertiary/aromatic N) is 9. The molecule has 6 aromatic rings. The molecular weight excluding hydrogens is 780 g/mol. The van der Waals surface area contributed by atoms with Gasteiger partial charge < -0.3 is 14.2 Å². The van der Waals surface area contributed by atoms with Crippen molar-refractivity contribution in [2.75, 3.05) is 7.05 Å². The Morgan fingerprint density at radius 3 is 2.72 bits per heavy atom. The van der Waals surface area contributed by atoms with Gasteiger partial charge in [-0.2, -0.15) is 5.10 Å². The molecule has 0 aliphatic carbocycles. The number of aliphatic imine (C=N–C) groups is 1. The van der Waals surface area contributed by atoms with Gasteiger partial charge in [0.05, 0.1) is 46.5 Å². The minimum Gasteiger partial charge on any atom is -0.486 e. The maximum absolute atomic E-state index is 13.6. The molecule has 58 heavy (non-hydrogen) atoms. The number of aromatic nitrogens is 7. The van der Waals surface area contributed by atoms with E-state index in [1.54, 1.807) is 36.0 Å². The molecule has 1 unspecified atom stereocenters. The molecule has 2 aliphatic heterocycles. The standard InChI is InChI=1S/C41H35ClN10O5S/c1-24-33(58-41-36(24)38(27-8-10-29(42)11-9-27)43-18-34-48-47-25(2)52(34)41)13-7-26-17-45-51(19-26)16-15-50-20-30(44-23-50)22-57-32-6-4-5-28(21-53)37(32)40(56)49(3)31-12-14-35(54)46-39(31)55/h4-6,8-11,17,19-21,23,31H,12,14-16,18,22H2,1-3H3,(H,46,54,55). The number of ether oxygens (including phenoxy) is 1. The quantitative estimate of drug-likeness (QED) is 0.117. The normalized spacial score (nSPS) is 14.7. The maximum Gasteiger partial charge on any atom is 0.258 e. The SMILES string of the molecule is Cc1c(C#Cc2cnn(CCn3cnc(COc4cccc(C=O)c4C(=O)N(C)C4CCC(=O)NC4=O)c3)c2)sc2c1C(c1ccc(Cl)cc1)=NCc1nnc(C)n1-2. The fourth-order valence-corrected chi connectivity index (χ4v) is 8.27. The number of nitrogens with one attached hydrogen (secondary N) is 1. The maximum atomic E-state index is 13.6. The number of halogens is 1. The zero-order chi connectivity index (χ0) is 40.5. The van der Waals surface area contributed by atoms with E-state index in [1.165, 1.54) is 18.0 Å². The molecule has 17 heteroatoms. The van der Waals surface area contributed by atoms with Crippen LogP contribution in [-0.4, -0.2) is 81.8 Å². The molecule has 1 N–H and O–H groups in total. The number of benzene rings is 2. The van der Waals surface area contributed by atoms with E-state index in [-0.39, 0.29) is 42.2 Å². The lowest BCUT2D eigenvalue weighted by Gasteiger charge is -2.30. The van der Waals surface area contributed by atoms with Crippen LogP contribution in [0.1, 0.15) is 78.0 Å². The molecule has 4 aromatic heterocycles. The van der Waals surface area contributed by atoms with Crippen molar-refractivity contribution in [3.05, 3.63) is 128 Å². The van der Waals surface area contributed by atoms with Gasteiger partial charge in [0.15, 0.2) is 12.1 Å². The van der Waals surface area contributed by atoms with Gasteiger partial charge in [0.1, 0.15) is 35.8 Å². The highest BCUT2D eigenvalue weighted by atomic mass is 35.5. The van der Waals surface area contributed by atoms with Crippen LogP contribution in [0.25, 0.3) is 5.00 Å². The van der Waals surface area contributed by atoms with Crippen molar-refractivity contribution >= 4 is 52.7 Å². The van der Waals surface area contributed by atoms with Gasteiger partial charge in [-0.1, -0.05) is 47.7 Å². The number of aldehydes is 1. The number of hydrogen-bond acceptors (Lipinski definition) is 11. The van der Waals surface area contributed by atoms with Gasteiger partial charge in [-0.15, -0.1) is 21.5 Å². The van der Waals surface area contributed by atoms with Gasteiger partial charge in [0.2, 0.25) is 11.8 Å². The predicted octanol–water partition coefficient (Wildman–Crippen LogP) is 4.71. The van der Waals surface area contributed by atoms with E-state index in [1.807, 2.05) is 52.8 Å². The van der Waals surface area contributed by atoms with Crippen LogP contribution >= 0.6 is 22.9 Å². The van der Waals surface area contributed by atoms with Crippen molar-refractivity contribution in [2.24, 2.45) is 4.99 Å². The summed E-state index contributed by atoms with van der Waals surface area (Å²) in [6, 6.07) is 11.5. The minimum absolute atomic E-state index is 0.0239. The summed E-state index contributed by atoms with van der Waals surface area (Å²) in [7, 11) is 1.46. The summed E-state index contributed by atoms with van der Waals surface area (Å²) in [4.78, 5) is 61.1. The van der Waals surface area contributed by atoms with Gasteiger partial charge in [0, 0.05) is 54.1 Å². The molecule has 0 spiro atoms. The molecule has 3 amide bonds. The third-order valence-electron chi connectivity index (χ3n) is 9.96. The summed E-state index contributed by atoms with van der Waals surface area (Å²) < 4.78 is 11.8. The van der Waals surface area contributed by atoms with Crippen LogP contribution in [0.2, 0.25) is 5.02 Å². The number of carbonyl (C=O) groups excluding carboxylic acids is 4. The zero-order valence-corrected chi connectivity index (χ0v) is 33.2. The van der Waals surface area contributed by atoms with Crippen molar-refractivity contribution in [2.45, 2.75) is 59.0 Å². The number of piperidine rings is 1. The smallest absolute Gasteiger partial charge is 0.258 e. The highest BCUT2D eigenvalue weighted by Gasteiger charge is 2.34. The van der Waals surface area contributed by atoms with Gasteiger partial charge in [-0.25, -0.2) is 4.98 Å². The van der Waals surface area contributed by atoms with Crippen LogP contribution in [0.15, 0.2) is 72.4 Å². The van der Waals surface area contributed by atoms with Crippen molar-refractivity contribution in [1.82, 2.24) is 44.3 Å². The monoisotopic (exact) mass is 814 g/mol. The molecule has 0 radical (unpaired) electrons. The number of rotatable bonds is 10. The number of likely N-dealkylation sites (N-methyl/N-ethyl adjacent to an activating group) is 1. The summed E-state index contributed by atoms with van der Waals surface area (Å²) in [5, 5.41) is 17.1. The number of aryl methyl sites for hydroxylation is 3. The van der Waals surface area contributed by atoms with E-state index in [2.05, 4.69) is 48.9 Å². The number of fused-ring (bicyclic) bond motifs is 3. The van der Waals surface area contributed by atoms with Crippen LogP contribution in [-0.2, 0) is 35.8 Å². The Kier molecular flexibility index (Phi) is 10.6. The van der Waals surface area contributed by atoms with Crippen LogP contribution in [0.5, 0.6) is 5.75 Å². The highest BCUT2D eigenvalue weighted by Crippen LogP contribution is 2.36. The first kappa shape index (κ1) is 38.2. The van der Waals surface area contributed by atoms with E-state index >= 15 is 0 Å². The molecule has 8 rings (SSSR count). The number of amides is 3. The summed E-state index contributed by atoms with van der Waals surface area (Å²) in [5.41, 5.74) is 5.36. The summed E-state index contributed by atoms with van der Waals surface area (Å²) in [6.45, 7) is 5.54. The number of imidazole rings is 1. The predicted molar refractivity (Wildman–Crippen MR) is 214 cm³/mol. The average molecular weight is 815 g/mol. The number of imide groups is 1. The van der Waals surface area contributed by atoms with Crippen LogP contribution < -0.4 is 10.1 Å². The second kappa shape index (κ2) is 16.0. The first-order valence-electron chi connectivity index (χ1n) is 18.3. The Balaban J connectivity index is 0.931. The molecule has 2 aromatic carbocycles. The molecule has 0 bridgehead atoms. The van der Waals surface area contributed by atoms with Crippen LogP contribution in [0.3, 0.4) is 0 Å². The van der Waals surface area contributed by atoms with Crippen molar-refractivity contribution in [1.29, 1.82) is 0 Å². The fourth-order valence-electron chi connectivity index (χ4n) is 6.92. The Bertz CT molecular complexity index is 2700. The van der Waals surface area contributed by atoms with E-state index < -0.39 is 17.9 Å². The lowest BCUT2D eigenvalue weighted by atomic mass is 10.00. The molecule has 292 valence electrons. The molecular formula is C41H35ClN10O5S. The lowest BCUT2D eigenvalue weighted by molar-refractivity contribution is -0.136. The molecule has 15 nitrogen and oxygen atoms in total. The first-order chi connectivity index (χ1) is 28.1. The van der Waals surface area contributed by atoms with Crippen LogP contribution in [0.4, 0.5) is 0 Å². The van der Waals surface area contributed by atoms with E-state index in [4.69, 9.17) is 21.3 Å². The number of thiophene rings is 1. The van der Waals surface area contributed by atoms with E-state index in [0.29, 0.717) is 36.6 Å². The lowest BCUT2D eigenvalue weighted by Crippen LogP contribution is -2.53. The minimum atomic E-state index is -0.855. The summed E-state index contributed by atoms with van der Waals surface area (Å²) in [5.74, 6) is 6.87. The fraction of sp³-hybridized carbons (Fsp3) is 0.244. The van der Waals surface area contributed by atoms with E-state index in [0.717, 1.165) is 49.5 Å². The number of carbonyl (C=O) groups is 4. The van der Waals surface area contributed by atoms with Crippen molar-refractivity contribution in [3.63, 3.8) is 0 Å². The van der Waals surface area contributed by atoms with Crippen molar-refractivity contribution in [3.8, 4) is 22.6 Å². The summed E-state index contributed by atoms with van der Waals surface area (Å²) >= 11 is 7.79. The average Bonchev–Trinajstić information content (AvgIpc) is 4.01. The molecule has 1 fully saturated rings. The second-order valence-electron chi connectivity index (χ2n) is 13.8. The van der Waals surface area contributed by atoms with Gasteiger partial charge >= 0.3 is 0 Å². The molecule has 1 saturated heterocycles. The number of hydrogen-bond donors (Lipinski definition) is 1. The van der Waals surface area contributed by atoms with Gasteiger partial charge in [-0.05, 0) is 44.0 Å². The summed E-state index contributed by atoms with van der Waals surface area (Å²) in [6.07, 6.45) is 8.01.